The van der Waals surface area contributed by atoms with Crippen LogP contribution < -0.4 is 0 Å². The lowest BCUT2D eigenvalue weighted by molar-refractivity contribution is 0.548. The summed E-state index contributed by atoms with van der Waals surface area (Å²) in [5.41, 5.74) is 3.36. The fraction of sp³-hybridized carbons (Fsp3) is 0.211. The molecule has 0 amide bonds. The third-order valence-electron chi connectivity index (χ3n) is 4.13. The molecule has 2 N–H and O–H groups in total. The van der Waals surface area contributed by atoms with E-state index in [2.05, 4.69) is 46.1 Å². The van der Waals surface area contributed by atoms with E-state index in [1.165, 1.54) is 12.1 Å². The molecule has 126 valence electrons. The van der Waals surface area contributed by atoms with Crippen LogP contribution in [0.2, 0.25) is 0 Å². The summed E-state index contributed by atoms with van der Waals surface area (Å²) >= 11 is 0. The third-order valence-corrected chi connectivity index (χ3v) is 4.13. The van der Waals surface area contributed by atoms with Crippen molar-refractivity contribution in [3.63, 3.8) is 0 Å². The SMILES string of the molecule is CC(C)(C)c1nc(-c2ccc3[nH]nc(-c4ccc(F)cc4)c3c2)n[nH]1. The van der Waals surface area contributed by atoms with Gasteiger partial charge in [-0.3, -0.25) is 10.2 Å². The van der Waals surface area contributed by atoms with Crippen molar-refractivity contribution in [2.24, 2.45) is 0 Å². The number of halogens is 1. The first-order valence-electron chi connectivity index (χ1n) is 8.09. The Morgan fingerprint density at radius 3 is 2.28 bits per heavy atom. The molecule has 0 saturated carbocycles. The molecule has 0 fully saturated rings. The minimum atomic E-state index is -0.264. The number of aromatic amines is 2. The fourth-order valence-corrected chi connectivity index (χ4v) is 2.71. The molecule has 2 aromatic heterocycles. The van der Waals surface area contributed by atoms with Gasteiger partial charge >= 0.3 is 0 Å². The van der Waals surface area contributed by atoms with Crippen molar-refractivity contribution in [3.8, 4) is 22.6 Å². The van der Waals surface area contributed by atoms with Crippen LogP contribution in [0.3, 0.4) is 0 Å². The van der Waals surface area contributed by atoms with Crippen molar-refractivity contribution in [1.82, 2.24) is 25.4 Å². The molecule has 4 rings (SSSR count). The molecule has 0 spiro atoms. The van der Waals surface area contributed by atoms with Gasteiger partial charge in [0.05, 0.1) is 11.2 Å². The first-order chi connectivity index (χ1) is 11.9. The van der Waals surface area contributed by atoms with E-state index in [4.69, 9.17) is 0 Å². The van der Waals surface area contributed by atoms with Crippen molar-refractivity contribution in [2.75, 3.05) is 0 Å². The lowest BCUT2D eigenvalue weighted by Gasteiger charge is -2.12. The van der Waals surface area contributed by atoms with Crippen molar-refractivity contribution >= 4 is 10.9 Å². The first-order valence-corrected chi connectivity index (χ1v) is 8.09. The number of fused-ring (bicyclic) bond motifs is 1. The maximum atomic E-state index is 13.2. The summed E-state index contributed by atoms with van der Waals surface area (Å²) in [6.45, 7) is 6.26. The number of rotatable bonds is 2. The highest BCUT2D eigenvalue weighted by molar-refractivity contribution is 5.95. The summed E-state index contributed by atoms with van der Waals surface area (Å²) < 4.78 is 13.2. The highest BCUT2D eigenvalue weighted by Crippen LogP contribution is 2.30. The van der Waals surface area contributed by atoms with Gasteiger partial charge in [-0.25, -0.2) is 9.37 Å². The monoisotopic (exact) mass is 335 g/mol. The molecule has 2 aromatic carbocycles. The minimum absolute atomic E-state index is 0.0930. The average Bonchev–Trinajstić information content (AvgIpc) is 3.22. The second-order valence-electron chi connectivity index (χ2n) is 7.10. The molecule has 0 unspecified atom stereocenters. The van der Waals surface area contributed by atoms with Crippen molar-refractivity contribution in [2.45, 2.75) is 26.2 Å². The second-order valence-corrected chi connectivity index (χ2v) is 7.10. The lowest BCUT2D eigenvalue weighted by Crippen LogP contribution is -2.13. The first kappa shape index (κ1) is 15.5. The molecule has 0 radical (unpaired) electrons. The van der Waals surface area contributed by atoms with E-state index in [1.807, 2.05) is 18.2 Å². The van der Waals surface area contributed by atoms with E-state index in [1.54, 1.807) is 12.1 Å². The zero-order valence-electron chi connectivity index (χ0n) is 14.3. The highest BCUT2D eigenvalue weighted by atomic mass is 19.1. The number of nitrogens with zero attached hydrogens (tertiary/aromatic N) is 3. The lowest BCUT2D eigenvalue weighted by atomic mass is 9.96. The van der Waals surface area contributed by atoms with Crippen LogP contribution in [-0.4, -0.2) is 25.4 Å². The molecule has 4 aromatic rings. The van der Waals surface area contributed by atoms with Crippen molar-refractivity contribution in [1.29, 1.82) is 0 Å². The fourth-order valence-electron chi connectivity index (χ4n) is 2.71. The minimum Gasteiger partial charge on any atom is -0.277 e. The molecule has 25 heavy (non-hydrogen) atoms. The summed E-state index contributed by atoms with van der Waals surface area (Å²) in [7, 11) is 0. The van der Waals surface area contributed by atoms with Gasteiger partial charge in [0, 0.05) is 21.9 Å². The number of hydrogen-bond acceptors (Lipinski definition) is 3. The Bertz CT molecular complexity index is 1040. The van der Waals surface area contributed by atoms with E-state index in [9.17, 15) is 4.39 Å². The predicted molar refractivity (Wildman–Crippen MR) is 95.6 cm³/mol. The average molecular weight is 335 g/mol. The van der Waals surface area contributed by atoms with Gasteiger partial charge in [-0.05, 0) is 42.5 Å². The number of aromatic nitrogens is 5. The summed E-state index contributed by atoms with van der Waals surface area (Å²) in [6.07, 6.45) is 0. The summed E-state index contributed by atoms with van der Waals surface area (Å²) in [6, 6.07) is 12.2. The van der Waals surface area contributed by atoms with Gasteiger partial charge in [-0.2, -0.15) is 10.2 Å². The zero-order valence-corrected chi connectivity index (χ0v) is 14.3. The molecule has 5 nitrogen and oxygen atoms in total. The Kier molecular flexibility index (Phi) is 3.42. The number of hydrogen-bond donors (Lipinski definition) is 2. The zero-order chi connectivity index (χ0) is 17.6. The Balaban J connectivity index is 1.81. The topological polar surface area (TPSA) is 70.2 Å². The van der Waals surface area contributed by atoms with Gasteiger partial charge in [-0.1, -0.05) is 20.8 Å². The smallest absolute Gasteiger partial charge is 0.181 e. The molecular weight excluding hydrogens is 317 g/mol. The predicted octanol–water partition coefficient (Wildman–Crippen LogP) is 4.45. The molecule has 2 heterocycles. The van der Waals surface area contributed by atoms with Gasteiger partial charge in [0.1, 0.15) is 11.6 Å². The van der Waals surface area contributed by atoms with Crippen LogP contribution in [0.25, 0.3) is 33.5 Å². The molecule has 0 atom stereocenters. The molecule has 0 aliphatic heterocycles. The molecule has 0 aliphatic carbocycles. The van der Waals surface area contributed by atoms with Crippen molar-refractivity contribution < 1.29 is 4.39 Å². The van der Waals surface area contributed by atoms with E-state index in [0.29, 0.717) is 5.82 Å². The van der Waals surface area contributed by atoms with Gasteiger partial charge in [0.2, 0.25) is 0 Å². The van der Waals surface area contributed by atoms with E-state index in [0.717, 1.165) is 33.5 Å². The highest BCUT2D eigenvalue weighted by Gasteiger charge is 2.19. The van der Waals surface area contributed by atoms with Gasteiger partial charge in [0.15, 0.2) is 5.82 Å². The Labute approximate surface area is 144 Å². The van der Waals surface area contributed by atoms with Crippen LogP contribution in [0, 0.1) is 5.82 Å². The molecule has 6 heteroatoms. The van der Waals surface area contributed by atoms with Gasteiger partial charge in [-0.15, -0.1) is 0 Å². The van der Waals surface area contributed by atoms with Gasteiger partial charge < -0.3 is 0 Å². The van der Waals surface area contributed by atoms with Crippen LogP contribution >= 0.6 is 0 Å². The molecular formula is C19H18FN5. The number of nitrogens with one attached hydrogen (secondary N) is 2. The van der Waals surface area contributed by atoms with E-state index >= 15 is 0 Å². The van der Waals surface area contributed by atoms with Crippen LogP contribution in [0.4, 0.5) is 4.39 Å². The normalized spacial score (nSPS) is 12.0. The molecule has 0 aliphatic rings. The van der Waals surface area contributed by atoms with Gasteiger partial charge in [0.25, 0.3) is 0 Å². The Hall–Kier alpha value is -3.02. The van der Waals surface area contributed by atoms with E-state index in [-0.39, 0.29) is 11.2 Å². The van der Waals surface area contributed by atoms with Crippen LogP contribution in [-0.2, 0) is 5.41 Å². The Morgan fingerprint density at radius 1 is 0.880 bits per heavy atom. The number of benzene rings is 2. The second kappa shape index (κ2) is 5.51. The summed E-state index contributed by atoms with van der Waals surface area (Å²) in [4.78, 5) is 4.61. The van der Waals surface area contributed by atoms with Crippen molar-refractivity contribution in [3.05, 3.63) is 54.1 Å². The quantitative estimate of drug-likeness (QED) is 0.568. The van der Waals surface area contributed by atoms with Crippen LogP contribution in [0.1, 0.15) is 26.6 Å². The Morgan fingerprint density at radius 2 is 1.60 bits per heavy atom. The largest absolute Gasteiger partial charge is 0.277 e. The summed E-state index contributed by atoms with van der Waals surface area (Å²) in [5, 5.41) is 15.7. The van der Waals surface area contributed by atoms with Crippen LogP contribution in [0.5, 0.6) is 0 Å². The van der Waals surface area contributed by atoms with Crippen LogP contribution in [0.15, 0.2) is 42.5 Å². The number of H-pyrrole nitrogens is 2. The molecule has 0 bridgehead atoms. The maximum absolute atomic E-state index is 13.2. The standard InChI is InChI=1S/C19H18FN5/c1-19(2,3)18-21-17(24-25-18)12-6-9-15-14(10-12)16(23-22-15)11-4-7-13(20)8-5-11/h4-10H,1-3H3,(H,22,23)(H,21,24,25). The maximum Gasteiger partial charge on any atom is 0.181 e. The summed E-state index contributed by atoms with van der Waals surface area (Å²) in [5.74, 6) is 1.23. The molecule has 0 saturated heterocycles. The van der Waals surface area contributed by atoms with E-state index < -0.39 is 0 Å². The third kappa shape index (κ3) is 2.80.